The Hall–Kier alpha value is -7.36. The summed E-state index contributed by atoms with van der Waals surface area (Å²) in [6.45, 7) is 27.6. The molecule has 0 saturated heterocycles. The predicted molar refractivity (Wildman–Crippen MR) is 338 cm³/mol. The number of unbranched alkanes of at least 4 members (excludes halogenated alkanes) is 15. The van der Waals surface area contributed by atoms with Gasteiger partial charge in [0, 0.05) is 60.1 Å². The number of carbonyl (C=O) groups excluding carboxylic acids is 2. The number of rotatable bonds is 27. The van der Waals surface area contributed by atoms with Crippen molar-refractivity contribution < 1.29 is 29.3 Å². The van der Waals surface area contributed by atoms with Crippen LogP contribution in [0.15, 0.2) is 54.6 Å². The molecule has 0 radical (unpaired) electrons. The van der Waals surface area contributed by atoms with Gasteiger partial charge in [-0.2, -0.15) is 0 Å². The van der Waals surface area contributed by atoms with Gasteiger partial charge >= 0.3 is 11.9 Å². The fourth-order valence-corrected chi connectivity index (χ4v) is 9.81. The number of hydrogen-bond acceptors (Lipinski definition) is 7. The molecule has 0 aliphatic rings. The van der Waals surface area contributed by atoms with Crippen molar-refractivity contribution in [3.05, 3.63) is 93.5 Å². The van der Waals surface area contributed by atoms with Gasteiger partial charge in [-0.15, -0.1) is 6.42 Å². The Morgan fingerprint density at radius 1 is 0.476 bits per heavy atom. The zero-order valence-electron chi connectivity index (χ0n) is 52.0. The Bertz CT molecular complexity index is 2990. The first-order valence-electron chi connectivity index (χ1n) is 29.8. The molecule has 0 amide bonds. The lowest BCUT2D eigenvalue weighted by Crippen LogP contribution is -2.36. The van der Waals surface area contributed by atoms with Gasteiger partial charge in [-0.25, -0.2) is 0 Å². The average Bonchev–Trinajstić information content (AvgIpc) is 3.53. The van der Waals surface area contributed by atoms with Crippen molar-refractivity contribution in [2.24, 2.45) is 0 Å². The summed E-state index contributed by atoms with van der Waals surface area (Å²) in [4.78, 5) is 31.3. The topological polar surface area (TPSA) is 96.3 Å². The summed E-state index contributed by atoms with van der Waals surface area (Å²) in [5.74, 6) is 34.5. The first-order valence-corrected chi connectivity index (χ1v) is 29.8. The van der Waals surface area contributed by atoms with Gasteiger partial charge in [-0.05, 0) is 133 Å². The van der Waals surface area contributed by atoms with Gasteiger partial charge < -0.3 is 19.7 Å². The van der Waals surface area contributed by atoms with Crippen LogP contribution in [0.25, 0.3) is 0 Å². The third kappa shape index (κ3) is 25.6. The van der Waals surface area contributed by atoms with Crippen molar-refractivity contribution >= 4 is 11.9 Å². The molecule has 434 valence electrons. The molecule has 0 spiro atoms. The van der Waals surface area contributed by atoms with Gasteiger partial charge in [0.25, 0.3) is 0 Å². The summed E-state index contributed by atoms with van der Waals surface area (Å²) in [7, 11) is 0. The number of hydrogen-bond donors (Lipinski definition) is 2. The Balaban J connectivity index is 2.13. The molecule has 0 aliphatic heterocycles. The number of esters is 2. The summed E-state index contributed by atoms with van der Waals surface area (Å²) in [6, 6.07) is 16.5. The van der Waals surface area contributed by atoms with Gasteiger partial charge in [0.05, 0.1) is 19.4 Å². The van der Waals surface area contributed by atoms with E-state index in [9.17, 15) is 19.8 Å². The lowest BCUT2D eigenvalue weighted by Gasteiger charge is -2.40. The minimum atomic E-state index is -0.763. The number of aromatic hydroxyl groups is 2. The molecule has 0 fully saturated rings. The summed E-state index contributed by atoms with van der Waals surface area (Å²) in [5.41, 5.74) is 3.38. The first-order chi connectivity index (χ1) is 38.9. The van der Waals surface area contributed by atoms with E-state index in [1.54, 1.807) is 0 Å². The number of nitrogens with zero attached hydrogens (tertiary/aromatic N) is 1. The molecule has 0 bridgehead atoms. The maximum atomic E-state index is 14.6. The number of phenolic OH excluding ortho intramolecular Hbond substituents is 2. The molecule has 3 rings (SSSR count). The Morgan fingerprint density at radius 2 is 0.805 bits per heavy atom. The van der Waals surface area contributed by atoms with E-state index in [-0.39, 0.29) is 30.3 Å². The van der Waals surface area contributed by atoms with E-state index < -0.39 is 39.7 Å². The molecule has 0 heterocycles. The Labute approximate surface area is 496 Å². The molecule has 0 saturated carbocycles. The van der Waals surface area contributed by atoms with Crippen LogP contribution in [0.5, 0.6) is 11.5 Å². The molecule has 2 N–H and O–H groups in total. The van der Waals surface area contributed by atoms with Gasteiger partial charge in [0.2, 0.25) is 0 Å². The molecule has 2 unspecified atom stereocenters. The number of benzene rings is 3. The average molecular weight is 1100 g/mol. The fourth-order valence-electron chi connectivity index (χ4n) is 9.81. The van der Waals surface area contributed by atoms with Crippen molar-refractivity contribution in [2.75, 3.05) is 6.61 Å². The van der Waals surface area contributed by atoms with Crippen molar-refractivity contribution in [3.8, 4) is 107 Å². The normalized spacial score (nSPS) is 11.7. The van der Waals surface area contributed by atoms with Gasteiger partial charge in [0.15, 0.2) is 0 Å². The predicted octanol–water partition coefficient (Wildman–Crippen LogP) is 16.3. The SMILES string of the molecule is C#CC#CC#CC#CC#CC#CC#CC#COC(=O)CC(c1cc(C(C)(C)C)c(O)c(C(C)(C)C)c1)N(Cc1ccccc1)C(CC(=O)OCCCCCCCCCCCCCCCCCC)c1cc(C(C)(C)C)c(O)c(C(C)(C)C)c1. The highest BCUT2D eigenvalue weighted by Crippen LogP contribution is 2.47. The molecular weight excluding hydrogens is 1010 g/mol. The minimum absolute atomic E-state index is 0.0602. The maximum Gasteiger partial charge on any atom is 0.321 e. The minimum Gasteiger partial charge on any atom is -0.507 e. The Morgan fingerprint density at radius 3 is 1.16 bits per heavy atom. The van der Waals surface area contributed by atoms with Crippen molar-refractivity contribution in [2.45, 2.75) is 246 Å². The highest BCUT2D eigenvalue weighted by Gasteiger charge is 2.38. The largest absolute Gasteiger partial charge is 0.507 e. The molecule has 0 aliphatic carbocycles. The van der Waals surface area contributed by atoms with E-state index in [2.05, 4.69) is 184 Å². The van der Waals surface area contributed by atoms with Crippen LogP contribution in [0.1, 0.15) is 257 Å². The van der Waals surface area contributed by atoms with Crippen LogP contribution in [-0.4, -0.2) is 33.7 Å². The van der Waals surface area contributed by atoms with Crippen molar-refractivity contribution in [1.82, 2.24) is 4.90 Å². The van der Waals surface area contributed by atoms with E-state index in [1.165, 1.54) is 83.5 Å². The van der Waals surface area contributed by atoms with Crippen LogP contribution in [0, 0.1) is 95.4 Å². The summed E-state index contributed by atoms with van der Waals surface area (Å²) in [5, 5.41) is 24.1. The molecule has 2 atom stereocenters. The van der Waals surface area contributed by atoms with Crippen LogP contribution in [0.2, 0.25) is 0 Å². The second-order valence-electron chi connectivity index (χ2n) is 25.4. The Kier molecular flexibility index (Phi) is 29.8. The van der Waals surface area contributed by atoms with Crippen molar-refractivity contribution in [1.29, 1.82) is 0 Å². The van der Waals surface area contributed by atoms with E-state index in [0.29, 0.717) is 24.3 Å². The number of phenols is 2. The smallest absolute Gasteiger partial charge is 0.321 e. The van der Waals surface area contributed by atoms with Gasteiger partial charge in [0.1, 0.15) is 17.6 Å². The summed E-state index contributed by atoms with van der Waals surface area (Å²) < 4.78 is 11.8. The second kappa shape index (κ2) is 35.5. The van der Waals surface area contributed by atoms with Crippen LogP contribution in [0.4, 0.5) is 0 Å². The number of carbonyl (C=O) groups is 2. The van der Waals surface area contributed by atoms with Crippen molar-refractivity contribution in [3.63, 3.8) is 0 Å². The third-order valence-corrected chi connectivity index (χ3v) is 14.3. The maximum absolute atomic E-state index is 14.6. The number of terminal acetylenes is 1. The van der Waals surface area contributed by atoms with E-state index in [1.807, 2.05) is 54.6 Å². The second-order valence-corrected chi connectivity index (χ2v) is 25.4. The third-order valence-electron chi connectivity index (χ3n) is 14.3. The highest BCUT2D eigenvalue weighted by molar-refractivity contribution is 5.73. The number of ether oxygens (including phenoxy) is 2. The zero-order valence-corrected chi connectivity index (χ0v) is 52.0. The van der Waals surface area contributed by atoms with E-state index in [4.69, 9.17) is 15.9 Å². The molecule has 3 aromatic rings. The van der Waals surface area contributed by atoms with Crippen LogP contribution in [-0.2, 0) is 47.3 Å². The molecule has 3 aromatic carbocycles. The molecular formula is C75H93NO6. The summed E-state index contributed by atoms with van der Waals surface area (Å²) in [6.07, 6.45) is 27.3. The van der Waals surface area contributed by atoms with Crippen LogP contribution in [0.3, 0.4) is 0 Å². The van der Waals surface area contributed by atoms with Crippen LogP contribution >= 0.6 is 0 Å². The molecule has 7 heteroatoms. The van der Waals surface area contributed by atoms with Crippen LogP contribution < -0.4 is 0 Å². The van der Waals surface area contributed by atoms with E-state index >= 15 is 0 Å². The van der Waals surface area contributed by atoms with E-state index in [0.717, 1.165) is 47.1 Å². The molecule has 0 aromatic heterocycles. The van der Waals surface area contributed by atoms with Gasteiger partial charge in [-0.1, -0.05) is 217 Å². The lowest BCUT2D eigenvalue weighted by atomic mass is 9.76. The molecule has 7 nitrogen and oxygen atoms in total. The monoisotopic (exact) mass is 1100 g/mol. The quantitative estimate of drug-likeness (QED) is 0.0446. The molecule has 82 heavy (non-hydrogen) atoms. The first kappa shape index (κ1) is 68.9. The standard InChI is InChI=1S/C75H93NO6/c1-15-17-19-21-23-25-27-29-31-32-34-36-38-40-42-47-51-82-69(78)57-67(61-54-64(74(9,10)11)71(80)65(55-61)75(12,13)14)76(58-59-48-44-43-45-49-59)66(60-52-62(72(3,4)5)70(79)63(53-60)73(6,7)8)56-68(77)81-50-46-41-39-37-35-33-30-28-26-24-22-20-18-16-2/h2,43-45,48-49,52-55,66-67,79-80H,15,17,19,21,23,25,27,29,31-32,34,36,38,40,42,47,51,56-58H2,1,3-14H3. The lowest BCUT2D eigenvalue weighted by molar-refractivity contribution is -0.146. The summed E-state index contributed by atoms with van der Waals surface area (Å²) >= 11 is 0. The fraction of sp³-hybridized carbons (Fsp3) is 0.520. The zero-order chi connectivity index (χ0) is 60.6. The highest BCUT2D eigenvalue weighted by atomic mass is 16.5. The van der Waals surface area contributed by atoms with Gasteiger partial charge in [-0.3, -0.25) is 14.5 Å².